The second-order valence-electron chi connectivity index (χ2n) is 4.38. The molecule has 20 heavy (non-hydrogen) atoms. The van der Waals surface area contributed by atoms with Gasteiger partial charge in [0.05, 0.1) is 4.90 Å². The van der Waals surface area contributed by atoms with Gasteiger partial charge in [-0.05, 0) is 37.7 Å². The van der Waals surface area contributed by atoms with Gasteiger partial charge in [-0.3, -0.25) is 14.9 Å². The summed E-state index contributed by atoms with van der Waals surface area (Å²) >= 11 is 0. The van der Waals surface area contributed by atoms with E-state index in [1.54, 1.807) is 12.1 Å². The molecule has 7 nitrogen and oxygen atoms in total. The molecule has 1 aliphatic heterocycles. The maximum Gasteiger partial charge on any atom is 0.249 e. The number of nitrogens with one attached hydrogen (secondary N) is 3. The van der Waals surface area contributed by atoms with Crippen LogP contribution >= 0.6 is 0 Å². The number of anilines is 1. The van der Waals surface area contributed by atoms with Crippen LogP contribution in [0.3, 0.4) is 0 Å². The molecule has 0 radical (unpaired) electrons. The Morgan fingerprint density at radius 3 is 2.40 bits per heavy atom. The maximum absolute atomic E-state index is 11.6. The molecule has 0 saturated carbocycles. The van der Waals surface area contributed by atoms with Crippen molar-refractivity contribution < 1.29 is 18.0 Å². The maximum atomic E-state index is 11.6. The van der Waals surface area contributed by atoms with Gasteiger partial charge >= 0.3 is 0 Å². The number of amides is 2. The minimum absolute atomic E-state index is 0.147. The quantitative estimate of drug-likeness (QED) is 0.668. The summed E-state index contributed by atoms with van der Waals surface area (Å²) in [5, 5.41) is 5.22. The third-order valence-corrected chi connectivity index (χ3v) is 4.44. The lowest BCUT2D eigenvalue weighted by molar-refractivity contribution is -0.133. The fourth-order valence-corrected chi connectivity index (χ4v) is 2.61. The van der Waals surface area contributed by atoms with E-state index in [2.05, 4.69) is 15.4 Å². The van der Waals surface area contributed by atoms with Crippen molar-refractivity contribution in [2.45, 2.75) is 23.8 Å². The topological polar surface area (TPSA) is 104 Å². The van der Waals surface area contributed by atoms with Gasteiger partial charge in [0.15, 0.2) is 0 Å². The number of carbonyl (C=O) groups is 2. The molecule has 1 aromatic rings. The first kappa shape index (κ1) is 14.5. The predicted octanol–water partition coefficient (Wildman–Crippen LogP) is -0.188. The molecule has 1 unspecified atom stereocenters. The Hall–Kier alpha value is -1.93. The van der Waals surface area contributed by atoms with E-state index in [0.717, 1.165) is 0 Å². The van der Waals surface area contributed by atoms with Crippen LogP contribution in [0.4, 0.5) is 5.69 Å². The number of piperidine rings is 1. The average molecular weight is 297 g/mol. The largest absolute Gasteiger partial charge is 0.374 e. The Kier molecular flexibility index (Phi) is 4.05. The molecule has 8 heteroatoms. The molecule has 0 aromatic heterocycles. The van der Waals surface area contributed by atoms with E-state index < -0.39 is 16.1 Å². The lowest BCUT2D eigenvalue weighted by Crippen LogP contribution is -2.47. The summed E-state index contributed by atoms with van der Waals surface area (Å²) in [6.45, 7) is 0. The van der Waals surface area contributed by atoms with Crippen molar-refractivity contribution in [2.75, 3.05) is 12.4 Å². The summed E-state index contributed by atoms with van der Waals surface area (Å²) in [5.41, 5.74) is 0.620. The molecular formula is C12H15N3O4S. The van der Waals surface area contributed by atoms with Crippen LogP contribution < -0.4 is 15.4 Å². The van der Waals surface area contributed by atoms with E-state index in [9.17, 15) is 18.0 Å². The normalized spacial score (nSPS) is 19.6. The third kappa shape index (κ3) is 3.14. The fourth-order valence-electron chi connectivity index (χ4n) is 1.88. The second kappa shape index (κ2) is 5.59. The summed E-state index contributed by atoms with van der Waals surface area (Å²) in [6.07, 6.45) is 0.705. The zero-order valence-electron chi connectivity index (χ0n) is 10.8. The van der Waals surface area contributed by atoms with Crippen molar-refractivity contribution in [1.29, 1.82) is 0 Å². The first-order chi connectivity index (χ1) is 9.42. The smallest absolute Gasteiger partial charge is 0.249 e. The monoisotopic (exact) mass is 297 g/mol. The third-order valence-electron chi connectivity index (χ3n) is 3.01. The Morgan fingerprint density at radius 2 is 1.85 bits per heavy atom. The summed E-state index contributed by atoms with van der Waals surface area (Å²) in [6, 6.07) is 5.56. The minimum atomic E-state index is -3.47. The number of rotatable bonds is 4. The molecular weight excluding hydrogens is 282 g/mol. The number of hydrogen-bond donors (Lipinski definition) is 3. The van der Waals surface area contributed by atoms with E-state index in [4.69, 9.17) is 0 Å². The van der Waals surface area contributed by atoms with Crippen LogP contribution in [-0.2, 0) is 19.6 Å². The average Bonchev–Trinajstić information content (AvgIpc) is 2.42. The molecule has 1 heterocycles. The Balaban J connectivity index is 2.08. The van der Waals surface area contributed by atoms with Crippen LogP contribution in [0.15, 0.2) is 29.2 Å². The van der Waals surface area contributed by atoms with Crippen molar-refractivity contribution in [1.82, 2.24) is 10.0 Å². The number of benzene rings is 1. The molecule has 1 fully saturated rings. The van der Waals surface area contributed by atoms with E-state index >= 15 is 0 Å². The molecule has 0 aliphatic carbocycles. The summed E-state index contributed by atoms with van der Waals surface area (Å²) in [7, 11) is -2.13. The van der Waals surface area contributed by atoms with E-state index in [1.165, 1.54) is 19.2 Å². The summed E-state index contributed by atoms with van der Waals surface area (Å²) < 4.78 is 25.3. The highest BCUT2D eigenvalue weighted by Crippen LogP contribution is 2.16. The van der Waals surface area contributed by atoms with E-state index in [0.29, 0.717) is 12.1 Å². The molecule has 1 atom stereocenters. The van der Waals surface area contributed by atoms with Crippen molar-refractivity contribution >= 4 is 27.5 Å². The van der Waals surface area contributed by atoms with Gasteiger partial charge in [-0.25, -0.2) is 13.1 Å². The second-order valence-corrected chi connectivity index (χ2v) is 6.27. The van der Waals surface area contributed by atoms with Crippen LogP contribution in [0.25, 0.3) is 0 Å². The van der Waals surface area contributed by atoms with Crippen LogP contribution in [-0.4, -0.2) is 33.3 Å². The lowest BCUT2D eigenvalue weighted by atomic mass is 10.1. The van der Waals surface area contributed by atoms with Gasteiger partial charge < -0.3 is 5.32 Å². The van der Waals surface area contributed by atoms with Crippen molar-refractivity contribution in [2.24, 2.45) is 0 Å². The fraction of sp³-hybridized carbons (Fsp3) is 0.333. The molecule has 1 aromatic carbocycles. The number of imide groups is 1. The number of carbonyl (C=O) groups excluding carboxylic acids is 2. The SMILES string of the molecule is CNS(=O)(=O)c1ccc(NC2CCC(=O)NC2=O)cc1. The zero-order chi connectivity index (χ0) is 14.8. The standard InChI is InChI=1S/C12H15N3O4S/c1-13-20(18,19)9-4-2-8(3-5-9)14-10-6-7-11(16)15-12(10)17/h2-5,10,13-14H,6-7H2,1H3,(H,15,16,17). The van der Waals surface area contributed by atoms with Crippen molar-refractivity contribution in [3.8, 4) is 0 Å². The number of sulfonamides is 1. The molecule has 1 saturated heterocycles. The van der Waals surface area contributed by atoms with Gasteiger partial charge in [-0.1, -0.05) is 0 Å². The molecule has 2 amide bonds. The van der Waals surface area contributed by atoms with Gasteiger partial charge in [-0.2, -0.15) is 0 Å². The highest BCUT2D eigenvalue weighted by atomic mass is 32.2. The molecule has 0 spiro atoms. The summed E-state index contributed by atoms with van der Waals surface area (Å²) in [5.74, 6) is -0.642. The molecule has 0 bridgehead atoms. The molecule has 3 N–H and O–H groups in total. The highest BCUT2D eigenvalue weighted by Gasteiger charge is 2.26. The van der Waals surface area contributed by atoms with Gasteiger partial charge in [-0.15, -0.1) is 0 Å². The van der Waals surface area contributed by atoms with Crippen LogP contribution in [0, 0.1) is 0 Å². The lowest BCUT2D eigenvalue weighted by Gasteiger charge is -2.22. The van der Waals surface area contributed by atoms with Gasteiger partial charge in [0.2, 0.25) is 21.8 Å². The Bertz CT molecular complexity index is 625. The van der Waals surface area contributed by atoms with Gasteiger partial charge in [0, 0.05) is 12.1 Å². The highest BCUT2D eigenvalue weighted by molar-refractivity contribution is 7.89. The Morgan fingerprint density at radius 1 is 1.20 bits per heavy atom. The van der Waals surface area contributed by atoms with Crippen molar-refractivity contribution in [3.63, 3.8) is 0 Å². The Labute approximate surface area is 116 Å². The van der Waals surface area contributed by atoms with Crippen LogP contribution in [0.5, 0.6) is 0 Å². The van der Waals surface area contributed by atoms with Crippen LogP contribution in [0.1, 0.15) is 12.8 Å². The number of hydrogen-bond acceptors (Lipinski definition) is 5. The van der Waals surface area contributed by atoms with E-state index in [1.807, 2.05) is 0 Å². The first-order valence-electron chi connectivity index (χ1n) is 6.06. The molecule has 2 rings (SSSR count). The van der Waals surface area contributed by atoms with Crippen LogP contribution in [0.2, 0.25) is 0 Å². The first-order valence-corrected chi connectivity index (χ1v) is 7.54. The molecule has 108 valence electrons. The summed E-state index contributed by atoms with van der Waals surface area (Å²) in [4.78, 5) is 22.8. The van der Waals surface area contributed by atoms with Gasteiger partial charge in [0.1, 0.15) is 6.04 Å². The zero-order valence-corrected chi connectivity index (χ0v) is 11.7. The van der Waals surface area contributed by atoms with Gasteiger partial charge in [0.25, 0.3) is 0 Å². The van der Waals surface area contributed by atoms with Crippen molar-refractivity contribution in [3.05, 3.63) is 24.3 Å². The minimum Gasteiger partial charge on any atom is -0.374 e. The predicted molar refractivity (Wildman–Crippen MR) is 72.5 cm³/mol. The molecule has 1 aliphatic rings. The van der Waals surface area contributed by atoms with E-state index in [-0.39, 0.29) is 23.1 Å².